The van der Waals surface area contributed by atoms with Crippen molar-refractivity contribution in [3.05, 3.63) is 0 Å². The maximum absolute atomic E-state index is 9.53. The van der Waals surface area contributed by atoms with Gasteiger partial charge in [-0.25, -0.2) is 0 Å². The highest BCUT2D eigenvalue weighted by molar-refractivity contribution is 4.88. The summed E-state index contributed by atoms with van der Waals surface area (Å²) < 4.78 is 0. The summed E-state index contributed by atoms with van der Waals surface area (Å²) in [6, 6.07) is 2.74. The van der Waals surface area contributed by atoms with Crippen LogP contribution < -0.4 is 0 Å². The molecule has 0 amide bonds. The Kier molecular flexibility index (Phi) is 8.54. The van der Waals surface area contributed by atoms with Crippen LogP contribution in [-0.2, 0) is 0 Å². The summed E-state index contributed by atoms with van der Waals surface area (Å²) in [5.74, 6) is 1.49. The van der Waals surface area contributed by atoms with Crippen molar-refractivity contribution in [3.8, 4) is 0 Å². The predicted molar refractivity (Wildman–Crippen MR) is 101 cm³/mol. The molecule has 1 N–H and O–H groups in total. The fraction of sp³-hybridized carbons (Fsp3) is 1.00. The van der Waals surface area contributed by atoms with Crippen LogP contribution in [-0.4, -0.2) is 58.3 Å². The number of hydrogen-bond acceptors (Lipinski definition) is 3. The Morgan fingerprint density at radius 2 is 1.30 bits per heavy atom. The molecule has 0 aliphatic carbocycles. The second-order valence-corrected chi connectivity index (χ2v) is 8.78. The molecule has 2 fully saturated rings. The molecular formula is C20H42N2O. The number of hydrogen-bond donors (Lipinski definition) is 1. The van der Waals surface area contributed by atoms with Gasteiger partial charge in [0.25, 0.3) is 0 Å². The standard InChI is InChI=1S/C10H21NO.C10H21N/c1-7(2)10-5-9(12)6-11(10)8(3)4;1-8(2)10-6-5-7-11(10)9(3)4/h7-10,12H,5-6H2,1-4H3;8-10H,5-7H2,1-4H3. The van der Waals surface area contributed by atoms with Crippen LogP contribution in [0.2, 0.25) is 0 Å². The zero-order valence-corrected chi connectivity index (χ0v) is 16.9. The molecule has 0 spiro atoms. The molecule has 0 aromatic heterocycles. The van der Waals surface area contributed by atoms with E-state index in [0.717, 1.165) is 31.0 Å². The molecule has 2 heterocycles. The average Bonchev–Trinajstić information content (AvgIpc) is 3.05. The van der Waals surface area contributed by atoms with Gasteiger partial charge < -0.3 is 5.11 Å². The van der Waals surface area contributed by atoms with Crippen LogP contribution in [0, 0.1) is 11.8 Å². The Labute approximate surface area is 145 Å². The highest BCUT2D eigenvalue weighted by Gasteiger charge is 2.34. The third-order valence-electron chi connectivity index (χ3n) is 5.57. The normalized spacial score (nSPS) is 29.9. The highest BCUT2D eigenvalue weighted by Crippen LogP contribution is 2.26. The lowest BCUT2D eigenvalue weighted by atomic mass is 10.0. The SMILES string of the molecule is CC(C)C1CC(O)CN1C(C)C.CC(C)C1CCCN1C(C)C. The molecule has 0 saturated carbocycles. The van der Waals surface area contributed by atoms with Crippen molar-refractivity contribution in [3.63, 3.8) is 0 Å². The molecule has 2 aliphatic heterocycles. The predicted octanol–water partition coefficient (Wildman–Crippen LogP) is 4.00. The summed E-state index contributed by atoms with van der Waals surface area (Å²) in [5.41, 5.74) is 0. The van der Waals surface area contributed by atoms with Crippen LogP contribution in [0.3, 0.4) is 0 Å². The molecule has 3 nitrogen and oxygen atoms in total. The Morgan fingerprint density at radius 3 is 1.65 bits per heavy atom. The maximum Gasteiger partial charge on any atom is 0.0682 e. The first kappa shape index (κ1) is 20.9. The van der Waals surface area contributed by atoms with E-state index >= 15 is 0 Å². The van der Waals surface area contributed by atoms with Crippen molar-refractivity contribution in [1.29, 1.82) is 0 Å². The van der Waals surface area contributed by atoms with Crippen molar-refractivity contribution in [2.24, 2.45) is 11.8 Å². The van der Waals surface area contributed by atoms with E-state index < -0.39 is 0 Å². The molecular weight excluding hydrogens is 284 g/mol. The number of aliphatic hydroxyl groups is 1. The largest absolute Gasteiger partial charge is 0.392 e. The molecule has 3 unspecified atom stereocenters. The molecule has 138 valence electrons. The van der Waals surface area contributed by atoms with Gasteiger partial charge in [-0.2, -0.15) is 0 Å². The second kappa shape index (κ2) is 9.39. The fourth-order valence-electron chi connectivity index (χ4n) is 4.29. The molecule has 3 atom stereocenters. The van der Waals surface area contributed by atoms with Crippen molar-refractivity contribution in [2.75, 3.05) is 13.1 Å². The quantitative estimate of drug-likeness (QED) is 0.846. The number of aliphatic hydroxyl groups excluding tert-OH is 1. The van der Waals surface area contributed by atoms with Crippen LogP contribution >= 0.6 is 0 Å². The van der Waals surface area contributed by atoms with E-state index in [0.29, 0.717) is 18.0 Å². The Bertz CT molecular complexity index is 298. The van der Waals surface area contributed by atoms with Gasteiger partial charge in [0.05, 0.1) is 6.10 Å². The van der Waals surface area contributed by atoms with Gasteiger partial charge in [0.1, 0.15) is 0 Å². The number of β-amino-alcohol motifs (C(OH)–C–C–N with tert-alkyl or cyclic N) is 1. The van der Waals surface area contributed by atoms with E-state index in [-0.39, 0.29) is 6.10 Å². The summed E-state index contributed by atoms with van der Waals surface area (Å²) in [5, 5.41) is 9.53. The first-order valence-corrected chi connectivity index (χ1v) is 9.84. The molecule has 0 aromatic rings. The monoisotopic (exact) mass is 326 g/mol. The lowest BCUT2D eigenvalue weighted by Gasteiger charge is -2.30. The van der Waals surface area contributed by atoms with Gasteiger partial charge in [-0.1, -0.05) is 27.7 Å². The van der Waals surface area contributed by atoms with Gasteiger partial charge in [0, 0.05) is 30.7 Å². The van der Waals surface area contributed by atoms with Crippen LogP contribution in [0.15, 0.2) is 0 Å². The smallest absolute Gasteiger partial charge is 0.0682 e. The summed E-state index contributed by atoms with van der Waals surface area (Å²) in [4.78, 5) is 5.06. The third kappa shape index (κ3) is 6.03. The van der Waals surface area contributed by atoms with Gasteiger partial charge in [0.15, 0.2) is 0 Å². The van der Waals surface area contributed by atoms with E-state index in [1.807, 2.05) is 0 Å². The summed E-state index contributed by atoms with van der Waals surface area (Å²) in [6.07, 6.45) is 3.67. The lowest BCUT2D eigenvalue weighted by molar-refractivity contribution is 0.148. The first-order valence-electron chi connectivity index (χ1n) is 9.84. The Balaban J connectivity index is 0.000000231. The summed E-state index contributed by atoms with van der Waals surface area (Å²) in [7, 11) is 0. The lowest BCUT2D eigenvalue weighted by Crippen LogP contribution is -2.38. The number of rotatable bonds is 4. The minimum Gasteiger partial charge on any atom is -0.392 e. The van der Waals surface area contributed by atoms with Crippen molar-refractivity contribution in [1.82, 2.24) is 9.80 Å². The van der Waals surface area contributed by atoms with Crippen LogP contribution in [0.5, 0.6) is 0 Å². The van der Waals surface area contributed by atoms with Crippen molar-refractivity contribution >= 4 is 0 Å². The van der Waals surface area contributed by atoms with E-state index in [1.165, 1.54) is 19.4 Å². The second-order valence-electron chi connectivity index (χ2n) is 8.78. The highest BCUT2D eigenvalue weighted by atomic mass is 16.3. The van der Waals surface area contributed by atoms with E-state index in [9.17, 15) is 5.11 Å². The first-order chi connectivity index (χ1) is 10.6. The molecule has 0 bridgehead atoms. The number of nitrogens with zero attached hydrogens (tertiary/aromatic N) is 2. The fourth-order valence-corrected chi connectivity index (χ4v) is 4.29. The topological polar surface area (TPSA) is 26.7 Å². The molecule has 2 aliphatic rings. The molecule has 0 radical (unpaired) electrons. The zero-order chi connectivity index (χ0) is 17.7. The van der Waals surface area contributed by atoms with E-state index in [4.69, 9.17) is 0 Å². The van der Waals surface area contributed by atoms with Gasteiger partial charge in [-0.3, -0.25) is 9.80 Å². The third-order valence-corrected chi connectivity index (χ3v) is 5.57. The van der Waals surface area contributed by atoms with Crippen molar-refractivity contribution < 1.29 is 5.11 Å². The number of likely N-dealkylation sites (tertiary alicyclic amines) is 2. The Hall–Kier alpha value is -0.120. The minimum atomic E-state index is -0.0974. The Morgan fingerprint density at radius 1 is 0.783 bits per heavy atom. The molecule has 3 heteroatoms. The van der Waals surface area contributed by atoms with Crippen molar-refractivity contribution in [2.45, 2.75) is 105 Å². The van der Waals surface area contributed by atoms with E-state index in [2.05, 4.69) is 65.2 Å². The van der Waals surface area contributed by atoms with Gasteiger partial charge >= 0.3 is 0 Å². The van der Waals surface area contributed by atoms with Gasteiger partial charge in [-0.05, 0) is 65.3 Å². The summed E-state index contributed by atoms with van der Waals surface area (Å²) in [6.45, 7) is 20.3. The molecule has 23 heavy (non-hydrogen) atoms. The maximum atomic E-state index is 9.53. The van der Waals surface area contributed by atoms with Gasteiger partial charge in [-0.15, -0.1) is 0 Å². The molecule has 0 aromatic carbocycles. The summed E-state index contributed by atoms with van der Waals surface area (Å²) >= 11 is 0. The molecule has 2 rings (SSSR count). The minimum absolute atomic E-state index is 0.0974. The van der Waals surface area contributed by atoms with Crippen LogP contribution in [0.1, 0.15) is 74.7 Å². The average molecular weight is 327 g/mol. The van der Waals surface area contributed by atoms with Crippen LogP contribution in [0.4, 0.5) is 0 Å². The zero-order valence-electron chi connectivity index (χ0n) is 16.9. The van der Waals surface area contributed by atoms with Crippen LogP contribution in [0.25, 0.3) is 0 Å². The van der Waals surface area contributed by atoms with Gasteiger partial charge in [0.2, 0.25) is 0 Å². The van der Waals surface area contributed by atoms with E-state index in [1.54, 1.807) is 0 Å². The molecule has 2 saturated heterocycles.